The first kappa shape index (κ1) is 22.8. The lowest BCUT2D eigenvalue weighted by Crippen LogP contribution is -2.53. The predicted octanol–water partition coefficient (Wildman–Crippen LogP) is 1.30. The number of amides is 1. The van der Waals surface area contributed by atoms with Crippen molar-refractivity contribution in [2.75, 3.05) is 18.8 Å². The standard InChI is InChI=1S/C17H21BFNO8S/c1-9(2)27-17(23)26-8-25-16(22)14-11(19)5-4-10-6-12(18(24)28-15(10)14)20-13(21)7-29-3/h4-5,9,12,24H,6-8H2,1-3H3,(H,20,21)/t12-/m0/s1. The van der Waals surface area contributed by atoms with Crippen LogP contribution in [0.2, 0.25) is 0 Å². The minimum absolute atomic E-state index is 0.119. The van der Waals surface area contributed by atoms with Crippen molar-refractivity contribution < 1.29 is 42.7 Å². The second-order valence-corrected chi connectivity index (χ2v) is 7.21. The Morgan fingerprint density at radius 2 is 2.10 bits per heavy atom. The minimum Gasteiger partial charge on any atom is -0.534 e. The van der Waals surface area contributed by atoms with Gasteiger partial charge < -0.3 is 29.2 Å². The number of carbonyl (C=O) groups excluding carboxylic acids is 3. The van der Waals surface area contributed by atoms with E-state index >= 15 is 0 Å². The summed E-state index contributed by atoms with van der Waals surface area (Å²) in [4.78, 5) is 35.3. The van der Waals surface area contributed by atoms with Crippen LogP contribution in [0.3, 0.4) is 0 Å². The number of carbonyl (C=O) groups is 3. The molecular weight excluding hydrogens is 408 g/mol. The molecule has 0 bridgehead atoms. The highest BCUT2D eigenvalue weighted by atomic mass is 32.2. The van der Waals surface area contributed by atoms with Crippen LogP contribution in [0.15, 0.2) is 12.1 Å². The van der Waals surface area contributed by atoms with E-state index in [4.69, 9.17) is 14.1 Å². The molecular formula is C17H21BFNO8S. The van der Waals surface area contributed by atoms with E-state index in [0.29, 0.717) is 5.56 Å². The highest BCUT2D eigenvalue weighted by molar-refractivity contribution is 7.99. The lowest BCUT2D eigenvalue weighted by molar-refractivity contribution is -0.119. The van der Waals surface area contributed by atoms with Crippen LogP contribution in [0.4, 0.5) is 9.18 Å². The van der Waals surface area contributed by atoms with Gasteiger partial charge in [0.1, 0.15) is 17.1 Å². The number of ether oxygens (including phenoxy) is 3. The van der Waals surface area contributed by atoms with E-state index in [-0.39, 0.29) is 23.8 Å². The van der Waals surface area contributed by atoms with Crippen LogP contribution in [0, 0.1) is 5.82 Å². The van der Waals surface area contributed by atoms with Gasteiger partial charge in [-0.25, -0.2) is 14.0 Å². The highest BCUT2D eigenvalue weighted by Gasteiger charge is 2.39. The van der Waals surface area contributed by atoms with E-state index in [1.165, 1.54) is 17.8 Å². The number of hydrogen-bond acceptors (Lipinski definition) is 9. The summed E-state index contributed by atoms with van der Waals surface area (Å²) in [5.41, 5.74) is -0.144. The van der Waals surface area contributed by atoms with E-state index < -0.39 is 49.5 Å². The van der Waals surface area contributed by atoms with Crippen LogP contribution in [0.5, 0.6) is 5.75 Å². The average Bonchev–Trinajstić information content (AvgIpc) is 2.62. The molecule has 1 aliphatic rings. The van der Waals surface area contributed by atoms with Crippen molar-refractivity contribution in [3.05, 3.63) is 29.1 Å². The van der Waals surface area contributed by atoms with Gasteiger partial charge in [-0.15, -0.1) is 0 Å². The van der Waals surface area contributed by atoms with Crippen molar-refractivity contribution >= 4 is 36.9 Å². The molecule has 1 amide bonds. The first-order chi connectivity index (χ1) is 13.7. The Balaban J connectivity index is 2.08. The fourth-order valence-corrected chi connectivity index (χ4v) is 2.91. The average molecular weight is 429 g/mol. The Morgan fingerprint density at radius 1 is 1.38 bits per heavy atom. The smallest absolute Gasteiger partial charge is 0.534 e. The molecule has 0 aliphatic carbocycles. The Labute approximate surface area is 171 Å². The minimum atomic E-state index is -1.49. The molecule has 158 valence electrons. The normalized spacial score (nSPS) is 15.2. The quantitative estimate of drug-likeness (QED) is 0.375. The molecule has 12 heteroatoms. The third-order valence-electron chi connectivity index (χ3n) is 3.74. The number of halogens is 1. The molecule has 0 radical (unpaired) electrons. The molecule has 0 fully saturated rings. The van der Waals surface area contributed by atoms with Crippen molar-refractivity contribution in [3.63, 3.8) is 0 Å². The molecule has 1 aromatic carbocycles. The Kier molecular flexibility index (Phi) is 8.15. The Hall–Kier alpha value is -2.47. The maximum absolute atomic E-state index is 14.3. The maximum Gasteiger partial charge on any atom is 0.547 e. The van der Waals surface area contributed by atoms with Gasteiger partial charge in [0.25, 0.3) is 0 Å². The van der Waals surface area contributed by atoms with Crippen LogP contribution in [0.1, 0.15) is 29.8 Å². The summed E-state index contributed by atoms with van der Waals surface area (Å²) in [6.07, 6.45) is 0.416. The number of fused-ring (bicyclic) bond motifs is 1. The molecule has 1 heterocycles. The van der Waals surface area contributed by atoms with Gasteiger partial charge in [-0.1, -0.05) is 6.07 Å². The van der Waals surface area contributed by atoms with Crippen LogP contribution in [0.25, 0.3) is 0 Å². The second-order valence-electron chi connectivity index (χ2n) is 6.34. The lowest BCUT2D eigenvalue weighted by Gasteiger charge is -2.29. The first-order valence-electron chi connectivity index (χ1n) is 8.67. The molecule has 0 unspecified atom stereocenters. The van der Waals surface area contributed by atoms with Gasteiger partial charge in [-0.2, -0.15) is 11.8 Å². The zero-order valence-corrected chi connectivity index (χ0v) is 16.9. The molecule has 1 atom stereocenters. The predicted molar refractivity (Wildman–Crippen MR) is 102 cm³/mol. The van der Waals surface area contributed by atoms with Crippen molar-refractivity contribution in [1.82, 2.24) is 5.32 Å². The molecule has 0 saturated carbocycles. The van der Waals surface area contributed by atoms with Gasteiger partial charge in [-0.05, 0) is 38.2 Å². The van der Waals surface area contributed by atoms with E-state index in [9.17, 15) is 23.8 Å². The summed E-state index contributed by atoms with van der Waals surface area (Å²) in [6, 6.07) is 2.43. The molecule has 2 N–H and O–H groups in total. The van der Waals surface area contributed by atoms with Gasteiger partial charge in [0.2, 0.25) is 12.7 Å². The third-order valence-corrected chi connectivity index (χ3v) is 4.29. The fraction of sp³-hybridized carbons (Fsp3) is 0.471. The second kappa shape index (κ2) is 10.4. The largest absolute Gasteiger partial charge is 0.547 e. The summed E-state index contributed by atoms with van der Waals surface area (Å²) >= 11 is 1.32. The molecule has 0 aromatic heterocycles. The summed E-state index contributed by atoms with van der Waals surface area (Å²) in [5.74, 6) is -3.12. The highest BCUT2D eigenvalue weighted by Crippen LogP contribution is 2.32. The molecule has 1 aliphatic heterocycles. The van der Waals surface area contributed by atoms with Gasteiger partial charge in [0, 0.05) is 0 Å². The number of thioether (sulfide) groups is 1. The first-order valence-corrected chi connectivity index (χ1v) is 10.1. The topological polar surface area (TPSA) is 120 Å². The van der Waals surface area contributed by atoms with Crippen LogP contribution >= 0.6 is 11.8 Å². The van der Waals surface area contributed by atoms with Crippen molar-refractivity contribution in [1.29, 1.82) is 0 Å². The zero-order valence-electron chi connectivity index (χ0n) is 16.1. The van der Waals surface area contributed by atoms with Crippen molar-refractivity contribution in [3.8, 4) is 5.75 Å². The summed E-state index contributed by atoms with van der Waals surface area (Å²) in [5, 5.41) is 12.8. The molecule has 2 rings (SSSR count). The summed E-state index contributed by atoms with van der Waals surface area (Å²) < 4.78 is 33.6. The van der Waals surface area contributed by atoms with Gasteiger partial charge in [-0.3, -0.25) is 4.79 Å². The summed E-state index contributed by atoms with van der Waals surface area (Å²) in [6.45, 7) is 2.43. The number of hydrogen-bond donors (Lipinski definition) is 2. The van der Waals surface area contributed by atoms with E-state index in [1.807, 2.05) is 0 Å². The molecule has 0 spiro atoms. The van der Waals surface area contributed by atoms with E-state index in [1.54, 1.807) is 20.1 Å². The number of esters is 1. The molecule has 29 heavy (non-hydrogen) atoms. The van der Waals surface area contributed by atoms with Gasteiger partial charge in [0.15, 0.2) is 0 Å². The van der Waals surface area contributed by atoms with E-state index in [0.717, 1.165) is 6.07 Å². The van der Waals surface area contributed by atoms with Crippen LogP contribution in [-0.4, -0.2) is 61.0 Å². The monoisotopic (exact) mass is 429 g/mol. The third kappa shape index (κ3) is 6.26. The molecule has 9 nitrogen and oxygen atoms in total. The number of rotatable bonds is 7. The van der Waals surface area contributed by atoms with Gasteiger partial charge in [0.05, 0.1) is 17.8 Å². The van der Waals surface area contributed by atoms with Gasteiger partial charge >= 0.3 is 19.2 Å². The van der Waals surface area contributed by atoms with Crippen molar-refractivity contribution in [2.45, 2.75) is 32.3 Å². The fourth-order valence-electron chi connectivity index (χ4n) is 2.56. The zero-order chi connectivity index (χ0) is 21.6. The summed E-state index contributed by atoms with van der Waals surface area (Å²) in [7, 11) is -1.49. The van der Waals surface area contributed by atoms with Crippen molar-refractivity contribution in [2.24, 2.45) is 0 Å². The lowest BCUT2D eigenvalue weighted by atomic mass is 9.72. The number of benzene rings is 1. The Bertz CT molecular complexity index is 778. The molecule has 0 saturated heterocycles. The Morgan fingerprint density at radius 3 is 2.76 bits per heavy atom. The maximum atomic E-state index is 14.3. The van der Waals surface area contributed by atoms with Crippen LogP contribution < -0.4 is 9.97 Å². The van der Waals surface area contributed by atoms with Crippen LogP contribution in [-0.2, 0) is 25.4 Å². The molecule has 1 aromatic rings. The van der Waals surface area contributed by atoms with E-state index in [2.05, 4.69) is 10.1 Å². The number of nitrogens with one attached hydrogen (secondary N) is 1. The SMILES string of the molecule is CSCC(=O)N[C@H]1Cc2ccc(F)c(C(=O)OCOC(=O)OC(C)C)c2OB1O.